The Morgan fingerprint density at radius 3 is 2.25 bits per heavy atom. The first kappa shape index (κ1) is 14.4. The average Bonchev–Trinajstić information content (AvgIpc) is 2.20. The molecule has 0 spiro atoms. The quantitative estimate of drug-likeness (QED) is 0.512. The van der Waals surface area contributed by atoms with Gasteiger partial charge in [-0.25, -0.2) is 0 Å². The zero-order chi connectivity index (χ0) is 12.8. The van der Waals surface area contributed by atoms with Crippen LogP contribution in [0.3, 0.4) is 0 Å². The Bertz CT molecular complexity index is 357. The van der Waals surface area contributed by atoms with Crippen molar-refractivity contribution in [1.29, 1.82) is 0 Å². The molecule has 0 aromatic heterocycles. The summed E-state index contributed by atoms with van der Waals surface area (Å²) in [7, 11) is 1.58. The average molecular weight is 229 g/mol. The molecule has 0 N–H and O–H groups in total. The van der Waals surface area contributed by atoms with E-state index >= 15 is 0 Å². The fourth-order valence-electron chi connectivity index (χ4n) is 0.851. The van der Waals surface area contributed by atoms with Crippen LogP contribution in [0.5, 0.6) is 0 Å². The SMILES string of the molecule is C=CC(=CC(=C)C(C)=CC=NC)C(F)(F)F. The topological polar surface area (TPSA) is 12.4 Å². The fraction of sp³-hybridized carbons (Fsp3) is 0.250. The van der Waals surface area contributed by atoms with Crippen LogP contribution in [0.4, 0.5) is 13.2 Å². The van der Waals surface area contributed by atoms with Crippen molar-refractivity contribution in [3.05, 3.63) is 48.1 Å². The van der Waals surface area contributed by atoms with Gasteiger partial charge in [0.15, 0.2) is 0 Å². The Morgan fingerprint density at radius 2 is 1.88 bits per heavy atom. The first-order valence-electron chi connectivity index (χ1n) is 4.52. The van der Waals surface area contributed by atoms with E-state index in [0.29, 0.717) is 5.57 Å². The van der Waals surface area contributed by atoms with E-state index in [4.69, 9.17) is 0 Å². The van der Waals surface area contributed by atoms with Gasteiger partial charge in [-0.3, -0.25) is 4.99 Å². The third kappa shape index (κ3) is 4.77. The molecule has 0 bridgehead atoms. The van der Waals surface area contributed by atoms with Gasteiger partial charge in [-0.2, -0.15) is 13.2 Å². The van der Waals surface area contributed by atoms with E-state index in [1.807, 2.05) is 0 Å². The molecule has 0 aliphatic carbocycles. The summed E-state index contributed by atoms with van der Waals surface area (Å²) >= 11 is 0. The van der Waals surface area contributed by atoms with Crippen LogP contribution in [0.25, 0.3) is 0 Å². The standard InChI is InChI=1S/C12H14F3N/c1-5-11(12(13,14)15)8-10(3)9(2)6-7-16-4/h5-8H,1,3H2,2,4H3. The second-order valence-corrected chi connectivity index (χ2v) is 3.08. The minimum Gasteiger partial charge on any atom is -0.297 e. The molecule has 0 unspecified atom stereocenters. The highest BCUT2D eigenvalue weighted by Gasteiger charge is 2.31. The van der Waals surface area contributed by atoms with Crippen molar-refractivity contribution in [3.8, 4) is 0 Å². The summed E-state index contributed by atoms with van der Waals surface area (Å²) in [5.74, 6) is 0. The summed E-state index contributed by atoms with van der Waals surface area (Å²) < 4.78 is 37.1. The van der Waals surface area contributed by atoms with Crippen molar-refractivity contribution >= 4 is 6.21 Å². The molecule has 0 aliphatic rings. The largest absolute Gasteiger partial charge is 0.416 e. The van der Waals surface area contributed by atoms with Crippen molar-refractivity contribution in [3.63, 3.8) is 0 Å². The van der Waals surface area contributed by atoms with Crippen molar-refractivity contribution in [2.45, 2.75) is 13.1 Å². The van der Waals surface area contributed by atoms with Crippen LogP contribution in [-0.2, 0) is 0 Å². The van der Waals surface area contributed by atoms with Gasteiger partial charge in [0.2, 0.25) is 0 Å². The highest BCUT2D eigenvalue weighted by molar-refractivity contribution is 5.73. The van der Waals surface area contributed by atoms with Gasteiger partial charge in [0.25, 0.3) is 0 Å². The number of nitrogens with zero attached hydrogens (tertiary/aromatic N) is 1. The van der Waals surface area contributed by atoms with E-state index in [0.717, 1.165) is 12.2 Å². The second-order valence-electron chi connectivity index (χ2n) is 3.08. The molecular formula is C12H14F3N. The van der Waals surface area contributed by atoms with Crippen LogP contribution in [-0.4, -0.2) is 19.4 Å². The maximum absolute atomic E-state index is 12.4. The van der Waals surface area contributed by atoms with Gasteiger partial charge < -0.3 is 0 Å². The molecule has 0 saturated carbocycles. The molecule has 0 heterocycles. The normalized spacial score (nSPS) is 14.3. The van der Waals surface area contributed by atoms with Crippen LogP contribution >= 0.6 is 0 Å². The zero-order valence-electron chi connectivity index (χ0n) is 9.30. The number of allylic oxidation sites excluding steroid dienone is 6. The van der Waals surface area contributed by atoms with Crippen LogP contribution in [0.15, 0.2) is 53.1 Å². The third-order valence-corrected chi connectivity index (χ3v) is 1.86. The molecule has 1 nitrogen and oxygen atoms in total. The van der Waals surface area contributed by atoms with Gasteiger partial charge in [0.1, 0.15) is 0 Å². The van der Waals surface area contributed by atoms with Crippen LogP contribution in [0.1, 0.15) is 6.92 Å². The van der Waals surface area contributed by atoms with Gasteiger partial charge in [-0.15, -0.1) is 0 Å². The first-order valence-corrected chi connectivity index (χ1v) is 4.52. The summed E-state index contributed by atoms with van der Waals surface area (Å²) in [6, 6.07) is 0. The molecule has 0 aliphatic heterocycles. The smallest absolute Gasteiger partial charge is 0.297 e. The lowest BCUT2D eigenvalue weighted by molar-refractivity contribution is -0.0881. The molecule has 0 amide bonds. The van der Waals surface area contributed by atoms with Crippen LogP contribution in [0, 0.1) is 0 Å². The van der Waals surface area contributed by atoms with Gasteiger partial charge in [0, 0.05) is 13.3 Å². The van der Waals surface area contributed by atoms with E-state index in [1.54, 1.807) is 20.0 Å². The predicted octanol–water partition coefficient (Wildman–Crippen LogP) is 3.86. The fourth-order valence-corrected chi connectivity index (χ4v) is 0.851. The molecule has 4 heteroatoms. The molecule has 0 saturated heterocycles. The van der Waals surface area contributed by atoms with Gasteiger partial charge >= 0.3 is 6.18 Å². The van der Waals surface area contributed by atoms with Gasteiger partial charge in [-0.05, 0) is 30.2 Å². The first-order chi connectivity index (χ1) is 7.32. The molecule has 0 rings (SSSR count). The Morgan fingerprint density at radius 1 is 1.31 bits per heavy atom. The summed E-state index contributed by atoms with van der Waals surface area (Å²) in [6.07, 6.45) is 0.421. The van der Waals surface area contributed by atoms with E-state index in [-0.39, 0.29) is 5.57 Å². The van der Waals surface area contributed by atoms with E-state index < -0.39 is 11.7 Å². The molecule has 0 atom stereocenters. The van der Waals surface area contributed by atoms with Crippen molar-refractivity contribution < 1.29 is 13.2 Å². The minimum atomic E-state index is -4.40. The lowest BCUT2D eigenvalue weighted by Gasteiger charge is -2.08. The number of alkyl halides is 3. The Labute approximate surface area is 93.4 Å². The van der Waals surface area contributed by atoms with Crippen LogP contribution < -0.4 is 0 Å². The Balaban J connectivity index is 5.02. The number of hydrogen-bond donors (Lipinski definition) is 0. The molecular weight excluding hydrogens is 215 g/mol. The molecule has 16 heavy (non-hydrogen) atoms. The predicted molar refractivity (Wildman–Crippen MR) is 61.6 cm³/mol. The lowest BCUT2D eigenvalue weighted by atomic mass is 10.1. The highest BCUT2D eigenvalue weighted by atomic mass is 19.4. The minimum absolute atomic E-state index is 0.284. The van der Waals surface area contributed by atoms with E-state index in [2.05, 4.69) is 18.2 Å². The molecule has 0 aromatic rings. The summed E-state index contributed by atoms with van der Waals surface area (Å²) in [4.78, 5) is 3.70. The monoisotopic (exact) mass is 229 g/mol. The second kappa shape index (κ2) is 6.10. The summed E-state index contributed by atoms with van der Waals surface area (Å²) in [5.41, 5.74) is 0.0972. The number of hydrogen-bond acceptors (Lipinski definition) is 1. The van der Waals surface area contributed by atoms with Gasteiger partial charge in [0.05, 0.1) is 5.57 Å². The molecule has 0 fully saturated rings. The summed E-state index contributed by atoms with van der Waals surface area (Å²) in [5, 5.41) is 0. The van der Waals surface area contributed by atoms with Crippen molar-refractivity contribution in [2.24, 2.45) is 4.99 Å². The highest BCUT2D eigenvalue weighted by Crippen LogP contribution is 2.28. The molecule has 88 valence electrons. The maximum Gasteiger partial charge on any atom is 0.416 e. The zero-order valence-corrected chi connectivity index (χ0v) is 9.30. The summed E-state index contributed by atoms with van der Waals surface area (Å²) in [6.45, 7) is 8.35. The van der Waals surface area contributed by atoms with Crippen molar-refractivity contribution in [1.82, 2.24) is 0 Å². The van der Waals surface area contributed by atoms with Crippen LogP contribution in [0.2, 0.25) is 0 Å². The number of rotatable bonds is 4. The number of halogens is 3. The molecule has 0 aromatic carbocycles. The van der Waals surface area contributed by atoms with Gasteiger partial charge in [-0.1, -0.05) is 19.2 Å². The lowest BCUT2D eigenvalue weighted by Crippen LogP contribution is -2.10. The maximum atomic E-state index is 12.4. The molecule has 0 radical (unpaired) electrons. The number of aliphatic imine (C=N–C) groups is 1. The Kier molecular flexibility index (Phi) is 5.50. The van der Waals surface area contributed by atoms with E-state index in [9.17, 15) is 13.2 Å². The van der Waals surface area contributed by atoms with E-state index in [1.165, 1.54) is 6.21 Å². The third-order valence-electron chi connectivity index (χ3n) is 1.86. The van der Waals surface area contributed by atoms with Crippen molar-refractivity contribution in [2.75, 3.05) is 7.05 Å². The Hall–Kier alpha value is -1.58.